The van der Waals surface area contributed by atoms with Crippen LogP contribution in [0.5, 0.6) is 0 Å². The van der Waals surface area contributed by atoms with E-state index in [0.717, 1.165) is 24.2 Å². The average molecular weight is 267 g/mol. The molecule has 1 aliphatic carbocycles. The molecule has 0 aliphatic heterocycles. The molecule has 4 nitrogen and oxygen atoms in total. The van der Waals surface area contributed by atoms with Crippen LogP contribution in [-0.2, 0) is 0 Å². The van der Waals surface area contributed by atoms with Crippen molar-refractivity contribution in [2.24, 2.45) is 0 Å². The highest BCUT2D eigenvalue weighted by Gasteiger charge is 2.24. The molecule has 1 saturated carbocycles. The monoisotopic (exact) mass is 267 g/mol. The second-order valence-corrected chi connectivity index (χ2v) is 6.14. The van der Waals surface area contributed by atoms with Gasteiger partial charge in [0.25, 0.3) is 5.91 Å². The van der Waals surface area contributed by atoms with Crippen LogP contribution in [0.15, 0.2) is 0 Å². The number of amides is 1. The number of thioether (sulfide) groups is 1. The summed E-state index contributed by atoms with van der Waals surface area (Å²) in [4.78, 5) is 12.2. The topological polar surface area (TPSA) is 57.8 Å². The molecule has 1 amide bonds. The number of aromatic nitrogens is 2. The van der Waals surface area contributed by atoms with Crippen molar-refractivity contribution < 1.29 is 4.79 Å². The van der Waals surface area contributed by atoms with E-state index >= 15 is 0 Å². The molecule has 18 heavy (non-hydrogen) atoms. The summed E-state index contributed by atoms with van der Waals surface area (Å²) < 4.78 is 0. The maximum absolute atomic E-state index is 12.2. The van der Waals surface area contributed by atoms with Gasteiger partial charge in [-0.05, 0) is 39.4 Å². The van der Waals surface area contributed by atoms with E-state index in [-0.39, 0.29) is 5.91 Å². The number of hydrogen-bond acceptors (Lipinski definition) is 3. The Morgan fingerprint density at radius 1 is 1.44 bits per heavy atom. The third-order valence-electron chi connectivity index (χ3n) is 3.65. The second kappa shape index (κ2) is 5.78. The molecule has 5 heteroatoms. The molecule has 0 bridgehead atoms. The molecule has 0 spiro atoms. The van der Waals surface area contributed by atoms with Crippen LogP contribution in [0, 0.1) is 13.8 Å². The van der Waals surface area contributed by atoms with Gasteiger partial charge in [-0.15, -0.1) is 0 Å². The van der Waals surface area contributed by atoms with Crippen molar-refractivity contribution in [3.8, 4) is 0 Å². The molecule has 2 rings (SSSR count). The minimum absolute atomic E-state index is 0.0190. The number of hydrogen-bond donors (Lipinski definition) is 2. The summed E-state index contributed by atoms with van der Waals surface area (Å²) >= 11 is 1.91. The highest BCUT2D eigenvalue weighted by molar-refractivity contribution is 7.99. The average Bonchev–Trinajstić information content (AvgIpc) is 2.69. The van der Waals surface area contributed by atoms with Gasteiger partial charge in [-0.3, -0.25) is 9.89 Å². The summed E-state index contributed by atoms with van der Waals surface area (Å²) in [5.41, 5.74) is 2.34. The molecule has 1 heterocycles. The second-order valence-electron chi connectivity index (χ2n) is 5.00. The van der Waals surface area contributed by atoms with Crippen molar-refractivity contribution in [1.29, 1.82) is 0 Å². The Kier molecular flexibility index (Phi) is 4.32. The first kappa shape index (κ1) is 13.5. The van der Waals surface area contributed by atoms with E-state index in [2.05, 4.69) is 21.8 Å². The molecule has 1 fully saturated rings. The number of rotatable bonds is 3. The predicted octanol–water partition coefficient (Wildman–Crippen LogP) is 2.43. The smallest absolute Gasteiger partial charge is 0.255 e. The normalized spacial score (nSPS) is 23.9. The van der Waals surface area contributed by atoms with Crippen LogP contribution in [-0.4, -0.2) is 33.7 Å². The number of nitrogens with zero attached hydrogens (tertiary/aromatic N) is 1. The number of H-pyrrole nitrogens is 1. The summed E-state index contributed by atoms with van der Waals surface area (Å²) in [6.45, 7) is 3.75. The van der Waals surface area contributed by atoms with Crippen molar-refractivity contribution in [2.45, 2.75) is 50.8 Å². The summed E-state index contributed by atoms with van der Waals surface area (Å²) in [6, 6.07) is 0.317. The van der Waals surface area contributed by atoms with Crippen LogP contribution in [0.1, 0.15) is 47.4 Å². The molecule has 0 saturated heterocycles. The lowest BCUT2D eigenvalue weighted by atomic mass is 9.94. The fraction of sp³-hybridized carbons (Fsp3) is 0.692. The van der Waals surface area contributed by atoms with Gasteiger partial charge in [0.1, 0.15) is 0 Å². The van der Waals surface area contributed by atoms with Gasteiger partial charge >= 0.3 is 0 Å². The number of carbonyl (C=O) groups is 1. The molecule has 100 valence electrons. The lowest BCUT2D eigenvalue weighted by Crippen LogP contribution is -2.39. The minimum atomic E-state index is 0.0190. The molecular formula is C13H21N3OS. The SMILES string of the molecule is CSC1CCCC(NC(=O)c2c(C)n[nH]c2C)C1. The standard InChI is InChI=1S/C13H21N3OS/c1-8-12(9(2)16-15-8)13(17)14-10-5-4-6-11(7-10)18-3/h10-11H,4-7H2,1-3H3,(H,14,17)(H,15,16). The van der Waals surface area contributed by atoms with Crippen molar-refractivity contribution in [3.63, 3.8) is 0 Å². The van der Waals surface area contributed by atoms with E-state index in [9.17, 15) is 4.79 Å². The van der Waals surface area contributed by atoms with Gasteiger partial charge in [0.05, 0.1) is 11.3 Å². The van der Waals surface area contributed by atoms with E-state index in [0.29, 0.717) is 16.9 Å². The van der Waals surface area contributed by atoms with E-state index < -0.39 is 0 Å². The third kappa shape index (κ3) is 2.88. The molecule has 1 aliphatic rings. The summed E-state index contributed by atoms with van der Waals surface area (Å²) in [6.07, 6.45) is 6.82. The van der Waals surface area contributed by atoms with Crippen LogP contribution in [0.4, 0.5) is 0 Å². The van der Waals surface area contributed by atoms with Crippen LogP contribution in [0.2, 0.25) is 0 Å². The first-order valence-electron chi connectivity index (χ1n) is 6.47. The number of carbonyl (C=O) groups excluding carboxylic acids is 1. The molecule has 2 unspecified atom stereocenters. The summed E-state index contributed by atoms with van der Waals surface area (Å²) in [5, 5.41) is 10.8. The fourth-order valence-corrected chi connectivity index (χ4v) is 3.46. The quantitative estimate of drug-likeness (QED) is 0.884. The van der Waals surface area contributed by atoms with Gasteiger partial charge < -0.3 is 5.32 Å². The van der Waals surface area contributed by atoms with E-state index in [1.807, 2.05) is 25.6 Å². The molecule has 2 N–H and O–H groups in total. The molecular weight excluding hydrogens is 246 g/mol. The maximum Gasteiger partial charge on any atom is 0.255 e. The molecule has 1 aromatic rings. The molecule has 0 radical (unpaired) electrons. The molecule has 1 aromatic heterocycles. The minimum Gasteiger partial charge on any atom is -0.349 e. The van der Waals surface area contributed by atoms with Gasteiger partial charge in [-0.2, -0.15) is 16.9 Å². The van der Waals surface area contributed by atoms with E-state index in [1.54, 1.807) is 0 Å². The Bertz CT molecular complexity index is 410. The van der Waals surface area contributed by atoms with Crippen molar-refractivity contribution >= 4 is 17.7 Å². The predicted molar refractivity (Wildman–Crippen MR) is 75.1 cm³/mol. The highest BCUT2D eigenvalue weighted by Crippen LogP contribution is 2.27. The van der Waals surface area contributed by atoms with Gasteiger partial charge in [0.15, 0.2) is 0 Å². The number of aryl methyl sites for hydroxylation is 2. The van der Waals surface area contributed by atoms with Crippen molar-refractivity contribution in [3.05, 3.63) is 17.0 Å². The van der Waals surface area contributed by atoms with E-state index in [4.69, 9.17) is 0 Å². The Hall–Kier alpha value is -0.970. The zero-order chi connectivity index (χ0) is 13.1. The Morgan fingerprint density at radius 3 is 2.83 bits per heavy atom. The Morgan fingerprint density at radius 2 is 2.22 bits per heavy atom. The number of aromatic amines is 1. The zero-order valence-corrected chi connectivity index (χ0v) is 12.1. The highest BCUT2D eigenvalue weighted by atomic mass is 32.2. The summed E-state index contributed by atoms with van der Waals surface area (Å²) in [5.74, 6) is 0.0190. The molecule has 0 aromatic carbocycles. The van der Waals surface area contributed by atoms with Crippen LogP contribution >= 0.6 is 11.8 Å². The van der Waals surface area contributed by atoms with Gasteiger partial charge in [0, 0.05) is 17.0 Å². The van der Waals surface area contributed by atoms with Crippen LogP contribution < -0.4 is 5.32 Å². The fourth-order valence-electron chi connectivity index (χ4n) is 2.63. The van der Waals surface area contributed by atoms with Crippen LogP contribution in [0.25, 0.3) is 0 Å². The van der Waals surface area contributed by atoms with Gasteiger partial charge in [-0.1, -0.05) is 6.42 Å². The largest absolute Gasteiger partial charge is 0.349 e. The first-order chi connectivity index (χ1) is 8.61. The maximum atomic E-state index is 12.2. The Balaban J connectivity index is 1.99. The summed E-state index contributed by atoms with van der Waals surface area (Å²) in [7, 11) is 0. The Labute approximate surface area is 112 Å². The number of nitrogens with one attached hydrogen (secondary N) is 2. The van der Waals surface area contributed by atoms with Crippen LogP contribution in [0.3, 0.4) is 0 Å². The lowest BCUT2D eigenvalue weighted by Gasteiger charge is -2.28. The zero-order valence-electron chi connectivity index (χ0n) is 11.2. The van der Waals surface area contributed by atoms with Crippen molar-refractivity contribution in [2.75, 3.05) is 6.26 Å². The molecule has 2 atom stereocenters. The first-order valence-corrected chi connectivity index (χ1v) is 7.75. The third-order valence-corrected chi connectivity index (χ3v) is 4.74. The van der Waals surface area contributed by atoms with E-state index in [1.165, 1.54) is 12.8 Å². The van der Waals surface area contributed by atoms with Gasteiger partial charge in [-0.25, -0.2) is 0 Å². The van der Waals surface area contributed by atoms with Gasteiger partial charge in [0.2, 0.25) is 0 Å². The van der Waals surface area contributed by atoms with Crippen molar-refractivity contribution in [1.82, 2.24) is 15.5 Å². The lowest BCUT2D eigenvalue weighted by molar-refractivity contribution is 0.0927.